The van der Waals surface area contributed by atoms with Gasteiger partial charge in [-0.3, -0.25) is 9.59 Å². The van der Waals surface area contributed by atoms with E-state index in [0.717, 1.165) is 32.1 Å². The van der Waals surface area contributed by atoms with E-state index < -0.39 is 0 Å². The molecule has 0 aliphatic rings. The number of hydrogen-bond donors (Lipinski definition) is 0. The molecule has 0 saturated carbocycles. The van der Waals surface area contributed by atoms with Crippen molar-refractivity contribution in [2.75, 3.05) is 6.61 Å². The van der Waals surface area contributed by atoms with Gasteiger partial charge in [0.15, 0.2) is 0 Å². The Hall–Kier alpha value is -1.12. The Labute approximate surface area is 155 Å². The molecule has 0 saturated heterocycles. The number of ketones is 1. The van der Waals surface area contributed by atoms with Gasteiger partial charge in [0.1, 0.15) is 5.78 Å². The average Bonchev–Trinajstić information content (AvgIpc) is 2.54. The van der Waals surface area contributed by atoms with Crippen molar-refractivity contribution >= 4 is 11.8 Å². The van der Waals surface area contributed by atoms with Crippen molar-refractivity contribution in [2.24, 2.45) is 5.92 Å². The first-order valence-electron chi connectivity index (χ1n) is 10.3. The van der Waals surface area contributed by atoms with Crippen molar-refractivity contribution in [3.05, 3.63) is 11.6 Å². The van der Waals surface area contributed by atoms with E-state index in [4.69, 9.17) is 4.74 Å². The second kappa shape index (κ2) is 16.4. The smallest absolute Gasteiger partial charge is 0.305 e. The fraction of sp³-hybridized carbons (Fsp3) is 0.818. The zero-order valence-corrected chi connectivity index (χ0v) is 17.1. The minimum absolute atomic E-state index is 0.160. The second-order valence-electron chi connectivity index (χ2n) is 7.53. The number of allylic oxidation sites excluding steroid dienone is 2. The molecule has 0 aromatic rings. The second-order valence-corrected chi connectivity index (χ2v) is 7.53. The monoisotopic (exact) mass is 352 g/mol. The van der Waals surface area contributed by atoms with Crippen LogP contribution in [0.15, 0.2) is 11.6 Å². The van der Waals surface area contributed by atoms with Gasteiger partial charge in [-0.05, 0) is 51.9 Å². The number of carbonyl (C=O) groups is 2. The molecule has 0 aromatic heterocycles. The number of unbranched alkanes of at least 4 members (excludes halogenated alkanes) is 4. The summed E-state index contributed by atoms with van der Waals surface area (Å²) in [6.45, 7) is 9.12. The van der Waals surface area contributed by atoms with Crippen LogP contribution in [0.25, 0.3) is 0 Å². The third-order valence-electron chi connectivity index (χ3n) is 4.48. The van der Waals surface area contributed by atoms with Crippen LogP contribution in [0.3, 0.4) is 0 Å². The normalized spacial score (nSPS) is 11.8. The van der Waals surface area contributed by atoms with Crippen LogP contribution >= 0.6 is 0 Å². The van der Waals surface area contributed by atoms with Crippen LogP contribution in [0.2, 0.25) is 0 Å². The molecule has 0 aromatic carbocycles. The molecule has 1 atom stereocenters. The van der Waals surface area contributed by atoms with E-state index in [9.17, 15) is 9.59 Å². The lowest BCUT2D eigenvalue weighted by molar-refractivity contribution is -0.144. The highest BCUT2D eigenvalue weighted by molar-refractivity contribution is 5.79. The molecule has 3 nitrogen and oxygen atoms in total. The Morgan fingerprint density at radius 1 is 0.920 bits per heavy atom. The van der Waals surface area contributed by atoms with Gasteiger partial charge in [0, 0.05) is 19.3 Å². The minimum Gasteiger partial charge on any atom is -0.466 e. The largest absolute Gasteiger partial charge is 0.466 e. The van der Waals surface area contributed by atoms with E-state index in [2.05, 4.69) is 33.8 Å². The van der Waals surface area contributed by atoms with Crippen LogP contribution in [0.5, 0.6) is 0 Å². The van der Waals surface area contributed by atoms with E-state index in [1.165, 1.54) is 24.8 Å². The SMILES string of the molecule is CCCCCCCC(=O)CCCC(=O)OCCC(C)CCC=C(C)C. The Morgan fingerprint density at radius 3 is 2.28 bits per heavy atom. The van der Waals surface area contributed by atoms with Crippen LogP contribution in [0.1, 0.15) is 105 Å². The number of rotatable bonds is 16. The van der Waals surface area contributed by atoms with Crippen molar-refractivity contribution in [1.82, 2.24) is 0 Å². The number of esters is 1. The summed E-state index contributed by atoms with van der Waals surface area (Å²) in [6, 6.07) is 0. The van der Waals surface area contributed by atoms with Crippen molar-refractivity contribution in [2.45, 2.75) is 105 Å². The quantitative estimate of drug-likeness (QED) is 0.183. The molecule has 0 aliphatic carbocycles. The van der Waals surface area contributed by atoms with E-state index in [-0.39, 0.29) is 11.8 Å². The average molecular weight is 353 g/mol. The van der Waals surface area contributed by atoms with Crippen molar-refractivity contribution in [3.63, 3.8) is 0 Å². The van der Waals surface area contributed by atoms with Crippen molar-refractivity contribution in [3.8, 4) is 0 Å². The van der Waals surface area contributed by atoms with Crippen LogP contribution in [-0.4, -0.2) is 18.4 Å². The van der Waals surface area contributed by atoms with Crippen LogP contribution in [0.4, 0.5) is 0 Å². The van der Waals surface area contributed by atoms with Gasteiger partial charge in [-0.2, -0.15) is 0 Å². The van der Waals surface area contributed by atoms with Crippen LogP contribution in [0, 0.1) is 5.92 Å². The lowest BCUT2D eigenvalue weighted by Crippen LogP contribution is -2.09. The standard InChI is InChI=1S/C22H40O3/c1-5-6-7-8-9-14-21(23)15-11-16-22(24)25-18-17-20(4)13-10-12-19(2)3/h12,20H,5-11,13-18H2,1-4H3. The summed E-state index contributed by atoms with van der Waals surface area (Å²) in [4.78, 5) is 23.5. The van der Waals surface area contributed by atoms with E-state index in [0.29, 0.717) is 38.2 Å². The summed E-state index contributed by atoms with van der Waals surface area (Å²) < 4.78 is 5.28. The summed E-state index contributed by atoms with van der Waals surface area (Å²) >= 11 is 0. The predicted octanol–water partition coefficient (Wildman–Crippen LogP) is 6.40. The first-order chi connectivity index (χ1) is 12.0. The molecule has 3 heteroatoms. The maximum atomic E-state index is 11.8. The van der Waals surface area contributed by atoms with Crippen molar-refractivity contribution < 1.29 is 14.3 Å². The fourth-order valence-corrected chi connectivity index (χ4v) is 2.73. The number of carbonyl (C=O) groups excluding carboxylic acids is 2. The lowest BCUT2D eigenvalue weighted by Gasteiger charge is -2.10. The highest BCUT2D eigenvalue weighted by atomic mass is 16.5. The molecule has 0 amide bonds. The highest BCUT2D eigenvalue weighted by Gasteiger charge is 2.08. The maximum Gasteiger partial charge on any atom is 0.305 e. The van der Waals surface area contributed by atoms with Gasteiger partial charge >= 0.3 is 5.97 Å². The molecule has 146 valence electrons. The van der Waals surface area contributed by atoms with Crippen molar-refractivity contribution in [1.29, 1.82) is 0 Å². The first kappa shape index (κ1) is 23.9. The Bertz CT molecular complexity index is 381. The minimum atomic E-state index is -0.160. The third-order valence-corrected chi connectivity index (χ3v) is 4.48. The van der Waals surface area contributed by atoms with Gasteiger partial charge in [-0.15, -0.1) is 0 Å². The molecular formula is C22H40O3. The molecule has 1 unspecified atom stereocenters. The molecule has 0 heterocycles. The Kier molecular flexibility index (Phi) is 15.6. The molecule has 25 heavy (non-hydrogen) atoms. The van der Waals surface area contributed by atoms with E-state index >= 15 is 0 Å². The fourth-order valence-electron chi connectivity index (χ4n) is 2.73. The maximum absolute atomic E-state index is 11.8. The highest BCUT2D eigenvalue weighted by Crippen LogP contribution is 2.12. The summed E-state index contributed by atoms with van der Waals surface area (Å²) in [5.41, 5.74) is 1.36. The van der Waals surface area contributed by atoms with Gasteiger partial charge in [-0.25, -0.2) is 0 Å². The van der Waals surface area contributed by atoms with E-state index in [1.807, 2.05) is 0 Å². The van der Waals surface area contributed by atoms with Gasteiger partial charge in [0.25, 0.3) is 0 Å². The van der Waals surface area contributed by atoms with Crippen LogP contribution in [-0.2, 0) is 14.3 Å². The van der Waals surface area contributed by atoms with Gasteiger partial charge in [-0.1, -0.05) is 51.2 Å². The Morgan fingerprint density at radius 2 is 1.60 bits per heavy atom. The first-order valence-corrected chi connectivity index (χ1v) is 10.3. The zero-order valence-electron chi connectivity index (χ0n) is 17.1. The molecule has 0 rings (SSSR count). The molecular weight excluding hydrogens is 312 g/mol. The Balaban J connectivity index is 3.54. The zero-order chi connectivity index (χ0) is 18.9. The molecule has 0 radical (unpaired) electrons. The van der Waals surface area contributed by atoms with E-state index in [1.54, 1.807) is 0 Å². The predicted molar refractivity (Wildman–Crippen MR) is 106 cm³/mol. The molecule has 0 fully saturated rings. The third kappa shape index (κ3) is 17.5. The van der Waals surface area contributed by atoms with Gasteiger partial charge < -0.3 is 4.74 Å². The van der Waals surface area contributed by atoms with Gasteiger partial charge in [0.2, 0.25) is 0 Å². The summed E-state index contributed by atoms with van der Waals surface area (Å²) in [5.74, 6) is 0.696. The van der Waals surface area contributed by atoms with Crippen LogP contribution < -0.4 is 0 Å². The molecule has 0 aliphatic heterocycles. The summed E-state index contributed by atoms with van der Waals surface area (Å²) in [7, 11) is 0. The summed E-state index contributed by atoms with van der Waals surface area (Å²) in [6.07, 6.45) is 13.4. The number of Topliss-reactive ketones (excluding diaryl/α,β-unsaturated/α-hetero) is 1. The number of ether oxygens (including phenoxy) is 1. The topological polar surface area (TPSA) is 43.4 Å². The molecule has 0 bridgehead atoms. The number of hydrogen-bond acceptors (Lipinski definition) is 3. The van der Waals surface area contributed by atoms with Gasteiger partial charge in [0.05, 0.1) is 6.61 Å². The summed E-state index contributed by atoms with van der Waals surface area (Å²) in [5, 5.41) is 0. The lowest BCUT2D eigenvalue weighted by atomic mass is 10.0. The molecule has 0 N–H and O–H groups in total. The molecule has 0 spiro atoms.